The molecule has 1 N–H and O–H groups in total. The summed E-state index contributed by atoms with van der Waals surface area (Å²) in [6.45, 7) is 2.88. The van der Waals surface area contributed by atoms with E-state index in [9.17, 15) is 4.79 Å². The molecule has 3 nitrogen and oxygen atoms in total. The van der Waals surface area contributed by atoms with E-state index in [1.807, 2.05) is 29.8 Å². The van der Waals surface area contributed by atoms with Crippen LogP contribution >= 0.6 is 23.6 Å². The molecule has 1 aromatic heterocycles. The number of thiazole rings is 1. The van der Waals surface area contributed by atoms with Crippen molar-refractivity contribution in [2.45, 2.75) is 19.9 Å². The zero-order valence-corrected chi connectivity index (χ0v) is 11.6. The van der Waals surface area contributed by atoms with Crippen molar-refractivity contribution in [2.75, 3.05) is 0 Å². The molecule has 0 aliphatic heterocycles. The van der Waals surface area contributed by atoms with Gasteiger partial charge in [-0.3, -0.25) is 0 Å². The Morgan fingerprint density at radius 2 is 2.17 bits per heavy atom. The number of hydrogen-bond donors (Lipinski definition) is 1. The third-order valence-corrected chi connectivity index (χ3v) is 4.11. The number of benzene rings is 1. The molecule has 94 valence electrons. The summed E-state index contributed by atoms with van der Waals surface area (Å²) in [5, 5.41) is 9.13. The van der Waals surface area contributed by atoms with Crippen LogP contribution in [-0.4, -0.2) is 15.6 Å². The second-order valence-electron chi connectivity index (χ2n) is 3.89. The lowest BCUT2D eigenvalue weighted by Gasteiger charge is -2.03. The first kappa shape index (κ1) is 13.0. The fourth-order valence-electron chi connectivity index (χ4n) is 1.80. The molecule has 0 bridgehead atoms. The molecule has 0 fully saturated rings. The van der Waals surface area contributed by atoms with E-state index in [1.54, 1.807) is 12.1 Å². The van der Waals surface area contributed by atoms with Crippen molar-refractivity contribution in [3.63, 3.8) is 0 Å². The van der Waals surface area contributed by atoms with Crippen LogP contribution in [0.4, 0.5) is 0 Å². The molecule has 5 heteroatoms. The van der Waals surface area contributed by atoms with E-state index in [2.05, 4.69) is 0 Å². The topological polar surface area (TPSA) is 42.2 Å². The number of aromatic nitrogens is 1. The maximum absolute atomic E-state index is 11.1. The first-order valence-corrected chi connectivity index (χ1v) is 6.84. The molecule has 0 aliphatic rings. The van der Waals surface area contributed by atoms with Gasteiger partial charge in [0, 0.05) is 24.0 Å². The standard InChI is InChI=1S/C13H13NO2S2/c1-2-14-8-10(18-13(14)17)7-9-5-3-4-6-11(9)12(15)16/h3-6,8H,2,7H2,1H3,(H,15,16). The van der Waals surface area contributed by atoms with Crippen molar-refractivity contribution in [1.29, 1.82) is 0 Å². The summed E-state index contributed by atoms with van der Waals surface area (Å²) in [7, 11) is 0. The van der Waals surface area contributed by atoms with Crippen molar-refractivity contribution >= 4 is 29.5 Å². The number of nitrogens with zero attached hydrogens (tertiary/aromatic N) is 1. The smallest absolute Gasteiger partial charge is 0.335 e. The van der Waals surface area contributed by atoms with Gasteiger partial charge >= 0.3 is 5.97 Å². The highest BCUT2D eigenvalue weighted by Gasteiger charge is 2.10. The molecular weight excluding hydrogens is 266 g/mol. The summed E-state index contributed by atoms with van der Waals surface area (Å²) in [5.41, 5.74) is 1.18. The van der Waals surface area contributed by atoms with E-state index >= 15 is 0 Å². The zero-order valence-electron chi connectivity index (χ0n) is 9.92. The van der Waals surface area contributed by atoms with E-state index < -0.39 is 5.97 Å². The van der Waals surface area contributed by atoms with Gasteiger partial charge in [-0.1, -0.05) is 18.2 Å². The lowest BCUT2D eigenvalue weighted by molar-refractivity contribution is 0.0696. The van der Waals surface area contributed by atoms with E-state index in [1.165, 1.54) is 11.3 Å². The van der Waals surface area contributed by atoms with Crippen LogP contribution in [0.2, 0.25) is 0 Å². The number of rotatable bonds is 4. The first-order chi connectivity index (χ1) is 8.61. The third kappa shape index (κ3) is 2.68. The van der Waals surface area contributed by atoms with Gasteiger partial charge in [-0.2, -0.15) is 0 Å². The maximum atomic E-state index is 11.1. The minimum atomic E-state index is -0.885. The Labute approximate surface area is 114 Å². The number of aryl methyl sites for hydroxylation is 1. The Balaban J connectivity index is 2.34. The van der Waals surface area contributed by atoms with Crippen LogP contribution in [0.1, 0.15) is 27.7 Å². The average Bonchev–Trinajstić information content (AvgIpc) is 2.70. The third-order valence-electron chi connectivity index (χ3n) is 2.71. The molecule has 0 amide bonds. The summed E-state index contributed by atoms with van der Waals surface area (Å²) in [5.74, 6) is -0.885. The van der Waals surface area contributed by atoms with Crippen LogP contribution in [0.25, 0.3) is 0 Å². The largest absolute Gasteiger partial charge is 0.478 e. The van der Waals surface area contributed by atoms with Crippen LogP contribution in [0.15, 0.2) is 30.5 Å². The first-order valence-electron chi connectivity index (χ1n) is 5.62. The highest BCUT2D eigenvalue weighted by molar-refractivity contribution is 7.73. The summed E-state index contributed by atoms with van der Waals surface area (Å²) >= 11 is 6.78. The second kappa shape index (κ2) is 5.46. The molecule has 18 heavy (non-hydrogen) atoms. The van der Waals surface area contributed by atoms with Gasteiger partial charge in [0.1, 0.15) is 0 Å². The quantitative estimate of drug-likeness (QED) is 0.870. The monoisotopic (exact) mass is 279 g/mol. The van der Waals surface area contributed by atoms with Gasteiger partial charge in [-0.15, -0.1) is 11.3 Å². The van der Waals surface area contributed by atoms with Gasteiger partial charge < -0.3 is 9.67 Å². The predicted octanol–water partition coefficient (Wildman–Crippen LogP) is 3.59. The van der Waals surface area contributed by atoms with Crippen molar-refractivity contribution in [1.82, 2.24) is 4.57 Å². The number of hydrogen-bond acceptors (Lipinski definition) is 3. The molecule has 0 saturated heterocycles. The number of carboxylic acids is 1. The molecule has 2 rings (SSSR count). The van der Waals surface area contributed by atoms with Crippen molar-refractivity contribution in [3.8, 4) is 0 Å². The van der Waals surface area contributed by atoms with E-state index in [4.69, 9.17) is 17.3 Å². The minimum absolute atomic E-state index is 0.361. The molecule has 0 aliphatic carbocycles. The van der Waals surface area contributed by atoms with E-state index in [0.717, 1.165) is 20.9 Å². The number of carboxylic acid groups (broad SMARTS) is 1. The molecule has 0 spiro atoms. The van der Waals surface area contributed by atoms with Crippen LogP contribution in [0.5, 0.6) is 0 Å². The molecule has 1 aromatic carbocycles. The van der Waals surface area contributed by atoms with Crippen LogP contribution < -0.4 is 0 Å². The fourth-order valence-corrected chi connectivity index (χ4v) is 3.23. The maximum Gasteiger partial charge on any atom is 0.335 e. The number of aromatic carboxylic acids is 1. The van der Waals surface area contributed by atoms with Gasteiger partial charge in [0.15, 0.2) is 3.95 Å². The van der Waals surface area contributed by atoms with Crippen LogP contribution in [0, 0.1) is 3.95 Å². The zero-order chi connectivity index (χ0) is 13.1. The summed E-state index contributed by atoms with van der Waals surface area (Å²) in [6.07, 6.45) is 2.62. The Kier molecular flexibility index (Phi) is 3.93. The van der Waals surface area contributed by atoms with Crippen molar-refractivity contribution in [3.05, 3.63) is 50.4 Å². The van der Waals surface area contributed by atoms with Gasteiger partial charge in [0.05, 0.1) is 5.56 Å². The number of carbonyl (C=O) groups is 1. The lowest BCUT2D eigenvalue weighted by Crippen LogP contribution is -2.02. The predicted molar refractivity (Wildman–Crippen MR) is 75.0 cm³/mol. The molecule has 0 saturated carbocycles. The van der Waals surface area contributed by atoms with Gasteiger partial charge in [0.2, 0.25) is 0 Å². The normalized spacial score (nSPS) is 10.5. The van der Waals surface area contributed by atoms with Crippen LogP contribution in [0.3, 0.4) is 0 Å². The second-order valence-corrected chi connectivity index (χ2v) is 5.65. The molecule has 0 atom stereocenters. The highest BCUT2D eigenvalue weighted by atomic mass is 32.1. The fraction of sp³-hybridized carbons (Fsp3) is 0.231. The molecular formula is C13H13NO2S2. The van der Waals surface area contributed by atoms with Gasteiger partial charge in [0.25, 0.3) is 0 Å². The SMILES string of the molecule is CCn1cc(Cc2ccccc2C(=O)O)sc1=S. The lowest BCUT2D eigenvalue weighted by atomic mass is 10.0. The Bertz CT molecular complexity index is 628. The molecule has 0 radical (unpaired) electrons. The van der Waals surface area contributed by atoms with Crippen molar-refractivity contribution in [2.24, 2.45) is 0 Å². The Morgan fingerprint density at radius 1 is 1.44 bits per heavy atom. The van der Waals surface area contributed by atoms with Crippen LogP contribution in [-0.2, 0) is 13.0 Å². The Hall–Kier alpha value is -1.46. The summed E-state index contributed by atoms with van der Waals surface area (Å²) in [4.78, 5) is 12.2. The Morgan fingerprint density at radius 3 is 2.78 bits per heavy atom. The molecule has 1 heterocycles. The van der Waals surface area contributed by atoms with Gasteiger partial charge in [-0.25, -0.2) is 4.79 Å². The van der Waals surface area contributed by atoms with Crippen molar-refractivity contribution < 1.29 is 9.90 Å². The minimum Gasteiger partial charge on any atom is -0.478 e. The molecule has 2 aromatic rings. The summed E-state index contributed by atoms with van der Waals surface area (Å²) < 4.78 is 2.83. The average molecular weight is 279 g/mol. The molecule has 0 unspecified atom stereocenters. The van der Waals surface area contributed by atoms with E-state index in [0.29, 0.717) is 12.0 Å². The van der Waals surface area contributed by atoms with E-state index in [-0.39, 0.29) is 0 Å². The highest BCUT2D eigenvalue weighted by Crippen LogP contribution is 2.19. The summed E-state index contributed by atoms with van der Waals surface area (Å²) in [6, 6.07) is 7.08. The van der Waals surface area contributed by atoms with Gasteiger partial charge in [-0.05, 0) is 30.8 Å².